The number of aliphatic hydroxyl groups is 1. The highest BCUT2D eigenvalue weighted by molar-refractivity contribution is 7.47. The Morgan fingerprint density at radius 1 is 0.385 bits per heavy atom. The lowest BCUT2D eigenvalue weighted by Gasteiger charge is -2.26. The molecule has 0 fully saturated rings. The molecule has 0 aliphatic heterocycles. The molecule has 0 bridgehead atoms. The number of carbonyl (C=O) groups excluding carboxylic acids is 1. The van der Waals surface area contributed by atoms with E-state index in [9.17, 15) is 19.4 Å². The Balaban J connectivity index is 3.98. The molecular weight excluding hydrogens is 984 g/mol. The quantitative estimate of drug-likeness (QED) is 0.0318. The molecule has 0 saturated carbocycles. The van der Waals surface area contributed by atoms with Gasteiger partial charge in [0.25, 0.3) is 0 Å². The third-order valence-electron chi connectivity index (χ3n) is 16.9. The first-order chi connectivity index (χ1) is 38.0. The van der Waals surface area contributed by atoms with Gasteiger partial charge in [-0.3, -0.25) is 13.8 Å². The third-order valence-corrected chi connectivity index (χ3v) is 17.8. The second kappa shape index (κ2) is 61.1. The summed E-state index contributed by atoms with van der Waals surface area (Å²) in [4.78, 5) is 23.5. The summed E-state index contributed by atoms with van der Waals surface area (Å²) < 4.78 is 23.9. The monoisotopic (exact) mass is 1130 g/mol. The number of nitrogens with zero attached hydrogens (tertiary/aromatic N) is 1. The Bertz CT molecular complexity index is 1230. The van der Waals surface area contributed by atoms with Crippen molar-refractivity contribution in [3.8, 4) is 0 Å². The zero-order chi connectivity index (χ0) is 57.0. The van der Waals surface area contributed by atoms with Crippen LogP contribution in [0.25, 0.3) is 0 Å². The fraction of sp³-hybridized carbons (Fsp3) is 0.986. The van der Waals surface area contributed by atoms with E-state index in [1.54, 1.807) is 0 Å². The molecule has 3 N–H and O–H groups in total. The molecule has 0 rings (SSSR count). The molecule has 3 atom stereocenters. The van der Waals surface area contributed by atoms with Gasteiger partial charge in [0.2, 0.25) is 5.91 Å². The maximum absolute atomic E-state index is 13.1. The summed E-state index contributed by atoms with van der Waals surface area (Å²) in [6, 6.07) is -0.757. The summed E-state index contributed by atoms with van der Waals surface area (Å²) >= 11 is 0. The molecule has 3 unspecified atom stereocenters. The Hall–Kier alpha value is -0.500. The Morgan fingerprint density at radius 2 is 0.615 bits per heavy atom. The van der Waals surface area contributed by atoms with E-state index in [-0.39, 0.29) is 19.1 Å². The summed E-state index contributed by atoms with van der Waals surface area (Å²) in [5, 5.41) is 14.2. The minimum Gasteiger partial charge on any atom is -0.391 e. The lowest BCUT2D eigenvalue weighted by Crippen LogP contribution is -2.46. The first-order valence-corrected chi connectivity index (χ1v) is 36.9. The normalized spacial score (nSPS) is 13.6. The van der Waals surface area contributed by atoms with Crippen molar-refractivity contribution < 1.29 is 32.9 Å². The first kappa shape index (κ1) is 77.5. The van der Waals surface area contributed by atoms with Crippen molar-refractivity contribution in [3.63, 3.8) is 0 Å². The topological polar surface area (TPSA) is 105 Å². The minimum absolute atomic E-state index is 0.0795. The fourth-order valence-electron chi connectivity index (χ4n) is 11.3. The molecule has 0 aliphatic rings. The van der Waals surface area contributed by atoms with E-state index < -0.39 is 20.0 Å². The minimum atomic E-state index is -4.33. The van der Waals surface area contributed by atoms with Crippen molar-refractivity contribution in [2.45, 2.75) is 398 Å². The molecule has 8 nitrogen and oxygen atoms in total. The van der Waals surface area contributed by atoms with Gasteiger partial charge in [0, 0.05) is 6.42 Å². The van der Waals surface area contributed by atoms with Gasteiger partial charge in [-0.1, -0.05) is 367 Å². The third kappa shape index (κ3) is 63.1. The lowest BCUT2D eigenvalue weighted by atomic mass is 10.0. The predicted molar refractivity (Wildman–Crippen MR) is 342 cm³/mol. The molecule has 0 heterocycles. The zero-order valence-corrected chi connectivity index (χ0v) is 54.6. The van der Waals surface area contributed by atoms with Crippen LogP contribution < -0.4 is 5.32 Å². The van der Waals surface area contributed by atoms with Gasteiger partial charge in [0.1, 0.15) is 13.2 Å². The number of rotatable bonds is 67. The molecule has 468 valence electrons. The van der Waals surface area contributed by atoms with E-state index in [4.69, 9.17) is 9.05 Å². The number of likely N-dealkylation sites (N-methyl/N-ethyl adjacent to an activating group) is 1. The number of quaternary nitrogens is 1. The predicted octanol–water partition coefficient (Wildman–Crippen LogP) is 22.3. The molecule has 0 aromatic rings. The molecule has 0 saturated heterocycles. The van der Waals surface area contributed by atoms with Gasteiger partial charge in [-0.05, 0) is 12.8 Å². The van der Waals surface area contributed by atoms with Gasteiger partial charge in [-0.25, -0.2) is 4.57 Å². The summed E-state index contributed by atoms with van der Waals surface area (Å²) in [6.45, 7) is 4.97. The average molecular weight is 1130 g/mol. The number of phosphoric acid groups is 1. The van der Waals surface area contributed by atoms with Crippen LogP contribution in [0.4, 0.5) is 0 Å². The van der Waals surface area contributed by atoms with E-state index >= 15 is 0 Å². The Morgan fingerprint density at radius 3 is 0.859 bits per heavy atom. The van der Waals surface area contributed by atoms with Crippen LogP contribution in [-0.2, 0) is 18.4 Å². The van der Waals surface area contributed by atoms with Gasteiger partial charge in [-0.15, -0.1) is 0 Å². The number of phosphoric ester groups is 1. The van der Waals surface area contributed by atoms with Crippen LogP contribution in [0.3, 0.4) is 0 Å². The van der Waals surface area contributed by atoms with E-state index in [0.29, 0.717) is 23.9 Å². The molecule has 9 heteroatoms. The second-order valence-corrected chi connectivity index (χ2v) is 27.4. The van der Waals surface area contributed by atoms with E-state index in [0.717, 1.165) is 38.5 Å². The van der Waals surface area contributed by atoms with Crippen LogP contribution in [0.1, 0.15) is 386 Å². The summed E-state index contributed by atoms with van der Waals surface area (Å²) in [5.74, 6) is -0.133. The van der Waals surface area contributed by atoms with Crippen molar-refractivity contribution in [3.05, 3.63) is 0 Å². The van der Waals surface area contributed by atoms with Crippen LogP contribution in [0.15, 0.2) is 0 Å². The fourth-order valence-corrected chi connectivity index (χ4v) is 12.1. The number of hydrogen-bond acceptors (Lipinski definition) is 5. The Labute approximate surface area is 489 Å². The van der Waals surface area contributed by atoms with Gasteiger partial charge in [0.05, 0.1) is 39.9 Å². The molecule has 78 heavy (non-hydrogen) atoms. The number of carbonyl (C=O) groups is 1. The van der Waals surface area contributed by atoms with Gasteiger partial charge in [-0.2, -0.15) is 0 Å². The standard InChI is InChI=1S/C69H141N2O6P/c1-6-8-10-12-14-16-18-20-22-24-26-28-30-32-34-35-36-37-38-40-42-44-46-48-50-52-54-56-58-60-62-68(72)67(66-77-78(74,75)76-65-64-71(3,4)5)70-69(73)63-61-59-57-55-53-51-49-47-45-43-41-39-33-31-29-27-25-23-21-19-17-15-13-11-9-7-2/h67-68,72H,6-66H2,1-5H3,(H-,70,73,74,75)/p+1. The number of unbranched alkanes of at least 4 members (excludes halogenated alkanes) is 54. The largest absolute Gasteiger partial charge is 0.472 e. The van der Waals surface area contributed by atoms with E-state index in [1.165, 1.54) is 321 Å². The molecular formula is C69H142N2O6P+. The number of hydrogen-bond donors (Lipinski definition) is 3. The molecule has 1 amide bonds. The smallest absolute Gasteiger partial charge is 0.391 e. The average Bonchev–Trinajstić information content (AvgIpc) is 3.41. The van der Waals surface area contributed by atoms with Crippen LogP contribution in [0, 0.1) is 0 Å². The SMILES string of the molecule is CCCCCCCCCCCCCCCCCCCCCCCCCCCCCCCCC(O)C(COP(=O)(O)OCC[N+](C)(C)C)NC(=O)CCCCCCCCCCCCCCCCCCCCCCCCCCCC. The van der Waals surface area contributed by atoms with Gasteiger partial charge < -0.3 is 19.8 Å². The van der Waals surface area contributed by atoms with Crippen molar-refractivity contribution in [2.24, 2.45) is 0 Å². The van der Waals surface area contributed by atoms with Crippen LogP contribution in [0.2, 0.25) is 0 Å². The first-order valence-electron chi connectivity index (χ1n) is 35.4. The lowest BCUT2D eigenvalue weighted by molar-refractivity contribution is -0.870. The summed E-state index contributed by atoms with van der Waals surface area (Å²) in [5.41, 5.74) is 0. The van der Waals surface area contributed by atoms with Crippen molar-refractivity contribution >= 4 is 13.7 Å². The number of amides is 1. The van der Waals surface area contributed by atoms with Crippen molar-refractivity contribution in [1.29, 1.82) is 0 Å². The van der Waals surface area contributed by atoms with Crippen LogP contribution in [-0.4, -0.2) is 73.4 Å². The molecule has 0 spiro atoms. The summed E-state index contributed by atoms with van der Waals surface area (Å²) in [7, 11) is 1.64. The molecule has 0 aromatic carbocycles. The maximum atomic E-state index is 13.1. The van der Waals surface area contributed by atoms with Crippen LogP contribution in [0.5, 0.6) is 0 Å². The van der Waals surface area contributed by atoms with Crippen molar-refractivity contribution in [1.82, 2.24) is 5.32 Å². The maximum Gasteiger partial charge on any atom is 0.472 e. The molecule has 0 radical (unpaired) electrons. The van der Waals surface area contributed by atoms with Crippen molar-refractivity contribution in [2.75, 3.05) is 40.9 Å². The summed E-state index contributed by atoms with van der Waals surface area (Å²) in [6.07, 6.45) is 76.4. The van der Waals surface area contributed by atoms with E-state index in [2.05, 4.69) is 19.2 Å². The highest BCUT2D eigenvalue weighted by Gasteiger charge is 2.28. The second-order valence-electron chi connectivity index (χ2n) is 26.0. The van der Waals surface area contributed by atoms with E-state index in [1.807, 2.05) is 21.1 Å². The Kier molecular flexibility index (Phi) is 60.7. The highest BCUT2D eigenvalue weighted by atomic mass is 31.2. The molecule has 0 aromatic heterocycles. The zero-order valence-electron chi connectivity index (χ0n) is 53.7. The number of aliphatic hydroxyl groups excluding tert-OH is 1. The molecule has 0 aliphatic carbocycles. The van der Waals surface area contributed by atoms with Crippen LogP contribution >= 0.6 is 7.82 Å². The highest BCUT2D eigenvalue weighted by Crippen LogP contribution is 2.43. The van der Waals surface area contributed by atoms with Gasteiger partial charge >= 0.3 is 7.82 Å². The number of nitrogens with one attached hydrogen (secondary N) is 1. The van der Waals surface area contributed by atoms with Gasteiger partial charge in [0.15, 0.2) is 0 Å².